The Labute approximate surface area is 281 Å². The zero-order valence-electron chi connectivity index (χ0n) is 27.2. The third-order valence-corrected chi connectivity index (χ3v) is 8.30. The number of imidazole rings is 1. The lowest BCUT2D eigenvalue weighted by Crippen LogP contribution is -2.35. The van der Waals surface area contributed by atoms with E-state index < -0.39 is 11.9 Å². The number of carboxylic acid groups (broad SMARTS) is 1. The number of anilines is 2. The van der Waals surface area contributed by atoms with Gasteiger partial charge >= 0.3 is 5.97 Å². The number of ether oxygens (including phenoxy) is 2. The zero-order valence-corrected chi connectivity index (χ0v) is 27.2. The first-order valence-electron chi connectivity index (χ1n) is 15.5. The summed E-state index contributed by atoms with van der Waals surface area (Å²) in [4.78, 5) is 60.7. The fraction of sp³-hybridized carbons (Fsp3) is 0.257. The summed E-state index contributed by atoms with van der Waals surface area (Å²) >= 11 is 0. The van der Waals surface area contributed by atoms with E-state index >= 15 is 0 Å². The number of nitrogens with one attached hydrogen (secondary N) is 2. The number of carbonyl (C=O) groups excluding carboxylic acids is 3. The number of hydrogen-bond acceptors (Lipinski definition) is 8. The van der Waals surface area contributed by atoms with E-state index in [-0.39, 0.29) is 48.2 Å². The van der Waals surface area contributed by atoms with E-state index in [1.165, 1.54) is 16.2 Å². The van der Waals surface area contributed by atoms with E-state index in [1.54, 1.807) is 80.1 Å². The smallest absolute Gasteiger partial charge is 0.352 e. The number of benzene rings is 2. The highest BCUT2D eigenvalue weighted by molar-refractivity contribution is 6.04. The quantitative estimate of drug-likeness (QED) is 0.153. The fourth-order valence-corrected chi connectivity index (χ4v) is 5.83. The van der Waals surface area contributed by atoms with Crippen LogP contribution >= 0.6 is 0 Å². The Morgan fingerprint density at radius 1 is 1.02 bits per heavy atom. The number of carbonyl (C=O) groups is 4. The maximum atomic E-state index is 13.2. The molecule has 3 N–H and O–H groups in total. The number of hydrogen-bond donors (Lipinski definition) is 3. The molecule has 3 amide bonds. The van der Waals surface area contributed by atoms with Crippen LogP contribution in [-0.2, 0) is 18.9 Å². The molecule has 1 fully saturated rings. The number of carboxylic acids is 1. The number of aromatic nitrogens is 3. The molecule has 2 aromatic heterocycles. The van der Waals surface area contributed by atoms with E-state index in [1.807, 2.05) is 0 Å². The average molecular weight is 666 g/mol. The molecule has 1 atom stereocenters. The van der Waals surface area contributed by atoms with Crippen LogP contribution in [0.5, 0.6) is 11.5 Å². The molecular formula is C35H35N7O7. The summed E-state index contributed by atoms with van der Waals surface area (Å²) in [5.41, 5.74) is 4.14. The van der Waals surface area contributed by atoms with Crippen LogP contribution in [0.4, 0.5) is 17.2 Å². The molecule has 2 aliphatic rings. The van der Waals surface area contributed by atoms with Gasteiger partial charge in [0.15, 0.2) is 17.3 Å². The second-order valence-electron chi connectivity index (χ2n) is 11.9. The van der Waals surface area contributed by atoms with Crippen molar-refractivity contribution in [2.75, 3.05) is 30.9 Å². The van der Waals surface area contributed by atoms with Gasteiger partial charge in [-0.05, 0) is 42.7 Å². The van der Waals surface area contributed by atoms with Crippen molar-refractivity contribution in [1.29, 1.82) is 0 Å². The zero-order chi connectivity index (χ0) is 34.8. The summed E-state index contributed by atoms with van der Waals surface area (Å²) in [5, 5.41) is 14.8. The molecule has 0 radical (unpaired) electrons. The highest BCUT2D eigenvalue weighted by Gasteiger charge is 2.34. The molecule has 49 heavy (non-hydrogen) atoms. The summed E-state index contributed by atoms with van der Waals surface area (Å²) in [7, 11) is 4.81. The van der Waals surface area contributed by atoms with Crippen LogP contribution in [0.3, 0.4) is 0 Å². The topological polar surface area (TPSA) is 169 Å². The van der Waals surface area contributed by atoms with Crippen molar-refractivity contribution in [2.24, 2.45) is 19.1 Å². The first-order chi connectivity index (χ1) is 23.5. The number of aliphatic imine (C=N–C) groups is 1. The van der Waals surface area contributed by atoms with Crippen molar-refractivity contribution in [2.45, 2.75) is 25.3 Å². The van der Waals surface area contributed by atoms with Crippen LogP contribution in [0.1, 0.15) is 50.7 Å². The number of fused-ring (bicyclic) bond motifs is 2. The molecule has 2 aliphatic heterocycles. The van der Waals surface area contributed by atoms with Crippen molar-refractivity contribution in [3.63, 3.8) is 0 Å². The number of aromatic carboxylic acids is 1. The molecule has 4 aromatic rings. The van der Waals surface area contributed by atoms with Gasteiger partial charge in [-0.15, -0.1) is 0 Å². The van der Waals surface area contributed by atoms with Crippen LogP contribution in [0.15, 0.2) is 72.0 Å². The second-order valence-corrected chi connectivity index (χ2v) is 11.9. The average Bonchev–Trinajstić information content (AvgIpc) is 3.75. The number of nitrogens with zero attached hydrogens (tertiary/aromatic N) is 5. The van der Waals surface area contributed by atoms with Gasteiger partial charge in [0.1, 0.15) is 5.69 Å². The molecule has 14 heteroatoms. The first kappa shape index (κ1) is 32.7. The molecule has 0 spiro atoms. The monoisotopic (exact) mass is 665 g/mol. The Bertz CT molecular complexity index is 2010. The van der Waals surface area contributed by atoms with Gasteiger partial charge < -0.3 is 39.2 Å². The van der Waals surface area contributed by atoms with Gasteiger partial charge in [-0.2, -0.15) is 0 Å². The van der Waals surface area contributed by atoms with Crippen LogP contribution < -0.4 is 20.1 Å². The summed E-state index contributed by atoms with van der Waals surface area (Å²) in [5.74, 6) is -0.788. The molecular weight excluding hydrogens is 630 g/mol. The second kappa shape index (κ2) is 13.5. The van der Waals surface area contributed by atoms with E-state index in [2.05, 4.69) is 27.2 Å². The van der Waals surface area contributed by atoms with E-state index in [4.69, 9.17) is 9.47 Å². The normalized spacial score (nSPS) is 15.0. The van der Waals surface area contributed by atoms with Gasteiger partial charge in [0.2, 0.25) is 11.7 Å². The van der Waals surface area contributed by atoms with Gasteiger partial charge in [-0.1, -0.05) is 24.3 Å². The summed E-state index contributed by atoms with van der Waals surface area (Å²) in [6.07, 6.45) is 6.22. The van der Waals surface area contributed by atoms with Crippen molar-refractivity contribution in [3.8, 4) is 22.6 Å². The lowest BCUT2D eigenvalue weighted by atomic mass is 10.1. The summed E-state index contributed by atoms with van der Waals surface area (Å²) in [6, 6.07) is 11.7. The Balaban J connectivity index is 1.01. The van der Waals surface area contributed by atoms with Gasteiger partial charge in [-0.3, -0.25) is 19.4 Å². The number of aryl methyl sites for hydroxylation is 2. The fourth-order valence-electron chi connectivity index (χ4n) is 5.83. The molecule has 0 bridgehead atoms. The third kappa shape index (κ3) is 6.93. The molecule has 2 aromatic carbocycles. The van der Waals surface area contributed by atoms with Crippen molar-refractivity contribution in [1.82, 2.24) is 19.0 Å². The molecule has 1 saturated heterocycles. The molecule has 252 valence electrons. The Hall–Kier alpha value is -6.18. The molecule has 0 saturated carbocycles. The van der Waals surface area contributed by atoms with Gasteiger partial charge in [0.05, 0.1) is 31.0 Å². The highest BCUT2D eigenvalue weighted by atomic mass is 16.5. The Morgan fingerprint density at radius 3 is 2.51 bits per heavy atom. The SMILES string of the molecule is C=C1C[C@H]2C=Nc3cc(OCCCC(=O)Nc4cn(C)c(C(=O)Nc5ccc(-c6cc(C(=O)O)n(C)c6)cc5)n4)c(OC)cc3C(=O)N2C1. The van der Waals surface area contributed by atoms with Gasteiger partial charge in [0, 0.05) is 63.0 Å². The van der Waals surface area contributed by atoms with Gasteiger partial charge in [0.25, 0.3) is 11.8 Å². The molecule has 0 unspecified atom stereocenters. The number of methoxy groups -OCH3 is 1. The Kier molecular flexibility index (Phi) is 9.03. The van der Waals surface area contributed by atoms with Crippen molar-refractivity contribution in [3.05, 3.63) is 84.1 Å². The minimum Gasteiger partial charge on any atom is -0.493 e. The van der Waals surface area contributed by atoms with Crippen molar-refractivity contribution >= 4 is 47.1 Å². The molecule has 14 nitrogen and oxygen atoms in total. The van der Waals surface area contributed by atoms with Crippen LogP contribution in [0.2, 0.25) is 0 Å². The number of amides is 3. The Morgan fingerprint density at radius 2 is 1.80 bits per heavy atom. The van der Waals surface area contributed by atoms with Crippen molar-refractivity contribution < 1.29 is 33.8 Å². The lowest BCUT2D eigenvalue weighted by molar-refractivity contribution is -0.116. The van der Waals surface area contributed by atoms with Crippen LogP contribution in [-0.4, -0.2) is 80.3 Å². The summed E-state index contributed by atoms with van der Waals surface area (Å²) in [6.45, 7) is 4.70. The standard InChI is InChI=1S/C35H35N7O7/c1-20-12-24-16-36-26-15-29(28(48-4)14-25(26)34(45)42(24)17-20)49-11-5-6-31(43)38-30-19-41(3)32(39-30)33(44)37-23-9-7-21(8-10-23)22-13-27(35(46)47)40(2)18-22/h7-10,13-16,18-19,24H,1,5-6,11-12,17H2,2-4H3,(H,37,44)(H,38,43)(H,46,47)/t24-/m0/s1. The minimum absolute atomic E-state index is 0.0960. The molecule has 0 aliphatic carbocycles. The van der Waals surface area contributed by atoms with Crippen LogP contribution in [0.25, 0.3) is 11.1 Å². The minimum atomic E-state index is -1.01. The first-order valence-corrected chi connectivity index (χ1v) is 15.5. The predicted molar refractivity (Wildman–Crippen MR) is 182 cm³/mol. The number of rotatable bonds is 11. The maximum Gasteiger partial charge on any atom is 0.352 e. The van der Waals surface area contributed by atoms with E-state index in [0.717, 1.165) is 16.7 Å². The van der Waals surface area contributed by atoms with Crippen LogP contribution in [0, 0.1) is 0 Å². The molecule has 6 rings (SSSR count). The van der Waals surface area contributed by atoms with E-state index in [0.29, 0.717) is 47.8 Å². The van der Waals surface area contributed by atoms with E-state index in [9.17, 15) is 24.3 Å². The predicted octanol–water partition coefficient (Wildman–Crippen LogP) is 4.67. The summed E-state index contributed by atoms with van der Waals surface area (Å²) < 4.78 is 14.5. The lowest BCUT2D eigenvalue weighted by Gasteiger charge is -2.20. The largest absolute Gasteiger partial charge is 0.493 e. The molecule has 4 heterocycles. The third-order valence-electron chi connectivity index (χ3n) is 8.30. The van der Waals surface area contributed by atoms with Gasteiger partial charge in [-0.25, -0.2) is 9.78 Å². The maximum absolute atomic E-state index is 13.2. The highest BCUT2D eigenvalue weighted by Crippen LogP contribution is 2.38.